The van der Waals surface area contributed by atoms with Gasteiger partial charge in [-0.2, -0.15) is 0 Å². The van der Waals surface area contributed by atoms with E-state index >= 15 is 0 Å². The molecule has 1 fully saturated rings. The number of methoxy groups -OCH3 is 1. The van der Waals surface area contributed by atoms with Gasteiger partial charge in [0.05, 0.1) is 26.9 Å². The van der Waals surface area contributed by atoms with Crippen molar-refractivity contribution in [2.45, 2.75) is 76.7 Å². The molecule has 0 bridgehead atoms. The lowest BCUT2D eigenvalue weighted by molar-refractivity contribution is -0.274. The minimum absolute atomic E-state index is 0.0419. The Kier molecular flexibility index (Phi) is 18.7. The van der Waals surface area contributed by atoms with E-state index in [1.54, 1.807) is 60.7 Å². The number of hydrogen-bond acceptors (Lipinski definition) is 16. The van der Waals surface area contributed by atoms with E-state index in [2.05, 4.69) is 30.7 Å². The van der Waals surface area contributed by atoms with Gasteiger partial charge in [-0.15, -0.1) is 0 Å². The Hall–Kier alpha value is -6.28. The second-order valence-electron chi connectivity index (χ2n) is 12.1. The van der Waals surface area contributed by atoms with Crippen molar-refractivity contribution < 1.29 is 71.5 Å². The monoisotopic (exact) mass is 800 g/mol. The minimum Gasteiger partial charge on any atom is -0.468 e. The van der Waals surface area contributed by atoms with E-state index < -0.39 is 111 Å². The highest BCUT2D eigenvalue weighted by atomic mass is 16.7. The summed E-state index contributed by atoms with van der Waals surface area (Å²) in [4.78, 5) is 90.6. The van der Waals surface area contributed by atoms with Gasteiger partial charge in [0, 0.05) is 25.7 Å². The van der Waals surface area contributed by atoms with Crippen LogP contribution in [-0.4, -0.2) is 118 Å². The Morgan fingerprint density at radius 2 is 1.37 bits per heavy atom. The summed E-state index contributed by atoms with van der Waals surface area (Å²) in [5, 5.41) is 10.8. The third-order valence-corrected chi connectivity index (χ3v) is 7.77. The van der Waals surface area contributed by atoms with E-state index in [4.69, 9.17) is 33.2 Å². The van der Waals surface area contributed by atoms with Crippen LogP contribution in [0.3, 0.4) is 0 Å². The van der Waals surface area contributed by atoms with Crippen LogP contribution >= 0.6 is 0 Å². The summed E-state index contributed by atoms with van der Waals surface area (Å²) in [6.45, 7) is 0.780. The molecule has 2 aromatic rings. The maximum atomic E-state index is 13.9. The van der Waals surface area contributed by atoms with Crippen LogP contribution in [0.25, 0.3) is 10.4 Å². The quantitative estimate of drug-likeness (QED) is 0.0556. The highest BCUT2D eigenvalue weighted by Crippen LogP contribution is 2.30. The van der Waals surface area contributed by atoms with Gasteiger partial charge in [0.25, 0.3) is 0 Å². The first-order chi connectivity index (χ1) is 27.3. The third-order valence-electron chi connectivity index (χ3n) is 7.77. The van der Waals surface area contributed by atoms with Crippen molar-refractivity contribution >= 4 is 41.8 Å². The minimum atomic E-state index is -1.69. The van der Waals surface area contributed by atoms with Gasteiger partial charge in [0.1, 0.15) is 44.0 Å². The summed E-state index contributed by atoms with van der Waals surface area (Å²) < 4.78 is 43.2. The van der Waals surface area contributed by atoms with Gasteiger partial charge < -0.3 is 53.8 Å². The smallest absolute Gasteiger partial charge is 0.408 e. The molecule has 3 rings (SSSR count). The van der Waals surface area contributed by atoms with Crippen LogP contribution in [0.2, 0.25) is 0 Å². The van der Waals surface area contributed by atoms with Gasteiger partial charge >= 0.3 is 30.0 Å². The number of benzene rings is 2. The van der Waals surface area contributed by atoms with Gasteiger partial charge in [-0.05, 0) is 16.7 Å². The molecule has 308 valence electrons. The molecule has 1 saturated heterocycles. The molecule has 0 aromatic heterocycles. The molecule has 1 unspecified atom stereocenters. The lowest BCUT2D eigenvalue weighted by atomic mass is 9.96. The van der Waals surface area contributed by atoms with Gasteiger partial charge in [0.15, 0.2) is 18.5 Å². The van der Waals surface area contributed by atoms with Gasteiger partial charge in [0.2, 0.25) is 11.8 Å². The van der Waals surface area contributed by atoms with Crippen molar-refractivity contribution in [1.29, 1.82) is 0 Å². The zero-order valence-electron chi connectivity index (χ0n) is 31.5. The van der Waals surface area contributed by atoms with Crippen molar-refractivity contribution in [2.24, 2.45) is 5.11 Å². The second-order valence-corrected chi connectivity index (χ2v) is 12.1. The fourth-order valence-corrected chi connectivity index (χ4v) is 5.16. The molecule has 21 heteroatoms. The molecule has 0 radical (unpaired) electrons. The highest BCUT2D eigenvalue weighted by Gasteiger charge is 2.51. The fraction of sp³-hybridized carbons (Fsp3) is 0.472. The molecule has 21 nitrogen and oxygen atoms in total. The van der Waals surface area contributed by atoms with E-state index in [1.807, 2.05) is 0 Å². The van der Waals surface area contributed by atoms with Crippen LogP contribution in [0.4, 0.5) is 4.79 Å². The van der Waals surface area contributed by atoms with E-state index in [1.165, 1.54) is 0 Å². The summed E-state index contributed by atoms with van der Waals surface area (Å²) in [6.07, 6.45) is -7.17. The van der Waals surface area contributed by atoms with E-state index in [-0.39, 0.29) is 13.2 Å². The lowest BCUT2D eigenvalue weighted by Crippen LogP contribution is -2.62. The van der Waals surface area contributed by atoms with Crippen LogP contribution in [0, 0.1) is 0 Å². The lowest BCUT2D eigenvalue weighted by Gasteiger charge is -2.43. The average molecular weight is 801 g/mol. The molecule has 0 saturated carbocycles. The second kappa shape index (κ2) is 23.6. The molecular formula is C36H44N6O15. The van der Waals surface area contributed by atoms with E-state index in [0.717, 1.165) is 33.4 Å². The predicted octanol–water partition coefficient (Wildman–Crippen LogP) is 1.12. The van der Waals surface area contributed by atoms with Crippen LogP contribution in [0.5, 0.6) is 0 Å². The average Bonchev–Trinajstić information content (AvgIpc) is 3.18. The maximum Gasteiger partial charge on any atom is 0.408 e. The Morgan fingerprint density at radius 3 is 1.95 bits per heavy atom. The number of rotatable bonds is 20. The summed E-state index contributed by atoms with van der Waals surface area (Å²) in [6, 6.07) is 12.8. The maximum absolute atomic E-state index is 13.9. The zero-order valence-corrected chi connectivity index (χ0v) is 31.5. The summed E-state index contributed by atoms with van der Waals surface area (Å²) >= 11 is 0. The first-order valence-corrected chi connectivity index (χ1v) is 17.3. The van der Waals surface area contributed by atoms with Crippen LogP contribution < -0.4 is 16.0 Å². The third kappa shape index (κ3) is 15.8. The zero-order chi connectivity index (χ0) is 41.7. The first-order valence-electron chi connectivity index (χ1n) is 17.3. The van der Waals surface area contributed by atoms with E-state index in [0.29, 0.717) is 5.56 Å². The van der Waals surface area contributed by atoms with Crippen molar-refractivity contribution in [2.75, 3.05) is 33.5 Å². The number of nitrogens with zero attached hydrogens (tertiary/aromatic N) is 3. The molecule has 1 aliphatic heterocycles. The first kappa shape index (κ1) is 45.1. The largest absolute Gasteiger partial charge is 0.468 e. The molecule has 0 aliphatic carbocycles. The molecule has 7 atom stereocenters. The standard InChI is InChI=1S/C36H44N6O15/c1-21(43)52-20-28-31(55-22(2)44)32(56-23(3)45)30(41-42-37)35(57-28)53-19-27(40-36(49)54-17-25-13-9-6-10-14-25)34(48)39-26(33(47)38-15-29(46)50-4)18-51-16-24-11-7-5-8-12-24/h5-14,26-28,30-32,35H,15-20H2,1-4H3,(H,38,47)(H,39,48)(H,40,49)/t26-,27-,28+,30+,31-,32+,35?/m0/s1. The Bertz CT molecular complexity index is 1730. The number of hydrogen-bond donors (Lipinski definition) is 3. The predicted molar refractivity (Wildman–Crippen MR) is 192 cm³/mol. The fourth-order valence-electron chi connectivity index (χ4n) is 5.16. The normalized spacial score (nSPS) is 19.5. The van der Waals surface area contributed by atoms with Crippen molar-refractivity contribution in [1.82, 2.24) is 16.0 Å². The van der Waals surface area contributed by atoms with Crippen molar-refractivity contribution in [3.63, 3.8) is 0 Å². The molecule has 1 heterocycles. The van der Waals surface area contributed by atoms with Gasteiger partial charge in [-0.3, -0.25) is 28.8 Å². The number of alkyl carbamates (subject to hydrolysis) is 1. The molecule has 3 N–H and O–H groups in total. The molecule has 57 heavy (non-hydrogen) atoms. The highest BCUT2D eigenvalue weighted by molar-refractivity contribution is 5.92. The summed E-state index contributed by atoms with van der Waals surface area (Å²) in [5.74, 6) is -5.11. The number of amides is 3. The summed E-state index contributed by atoms with van der Waals surface area (Å²) in [7, 11) is 1.12. The van der Waals surface area contributed by atoms with Gasteiger partial charge in [-0.1, -0.05) is 65.8 Å². The van der Waals surface area contributed by atoms with E-state index in [9.17, 15) is 39.1 Å². The number of esters is 4. The van der Waals surface area contributed by atoms with Crippen LogP contribution in [0.1, 0.15) is 31.9 Å². The SMILES string of the molecule is COC(=O)CNC(=O)[C@H](COCc1ccccc1)NC(=O)[C@H](COC1O[C@H](COC(C)=O)[C@H](OC(C)=O)[C@H](OC(C)=O)[C@H]1N=[N+]=[N-])NC(=O)OCc1ccccc1. The molecule has 0 spiro atoms. The Morgan fingerprint density at radius 1 is 0.772 bits per heavy atom. The van der Waals surface area contributed by atoms with Crippen molar-refractivity contribution in [3.8, 4) is 0 Å². The topological polar surface area (TPSA) is 278 Å². The molecule has 2 aromatic carbocycles. The number of ether oxygens (including phenoxy) is 8. The van der Waals surface area contributed by atoms with Crippen LogP contribution in [-0.2, 0) is 79.9 Å². The number of azide groups is 1. The van der Waals surface area contributed by atoms with Crippen molar-refractivity contribution in [3.05, 3.63) is 82.2 Å². The summed E-state index contributed by atoms with van der Waals surface area (Å²) in [5.41, 5.74) is 10.8. The number of carbonyl (C=O) groups excluding carboxylic acids is 7. The Balaban J connectivity index is 1.91. The molecular weight excluding hydrogens is 756 g/mol. The number of nitrogens with one attached hydrogen (secondary N) is 3. The molecule has 3 amide bonds. The Labute approximate surface area is 326 Å². The molecule has 1 aliphatic rings. The van der Waals surface area contributed by atoms with Gasteiger partial charge in [-0.25, -0.2) is 4.79 Å². The van der Waals surface area contributed by atoms with Crippen LogP contribution in [0.15, 0.2) is 65.8 Å². The number of carbonyl (C=O) groups is 7.